The minimum absolute atomic E-state index is 0. The summed E-state index contributed by atoms with van der Waals surface area (Å²) in [6.07, 6.45) is 87.7. The van der Waals surface area contributed by atoms with Crippen LogP contribution in [0.1, 0.15) is 413 Å². The van der Waals surface area contributed by atoms with Crippen molar-refractivity contribution in [1.29, 1.82) is 0 Å². The standard InChI is InChI=1S/2C36H72O4S.Ca/c2*1-3-5-7-9-11-13-15-17-19-20-22-24-26-28-30-32-34-36(35-40-41(37,38)39)33-31-29-27-25-23-21-18-16-14-12-10-8-6-4-2;/h2*32,34,36H,3-31,33,35H2,1-2H3,(H,37,38,39);/q;;+2/p-2/b2*34-32+;. The van der Waals surface area contributed by atoms with Gasteiger partial charge in [-0.1, -0.05) is 399 Å². The van der Waals surface area contributed by atoms with Crippen LogP contribution >= 0.6 is 0 Å². The van der Waals surface area contributed by atoms with Crippen LogP contribution in [0.3, 0.4) is 0 Å². The van der Waals surface area contributed by atoms with Gasteiger partial charge in [-0.3, -0.25) is 8.37 Å². The van der Waals surface area contributed by atoms with Gasteiger partial charge < -0.3 is 9.11 Å². The summed E-state index contributed by atoms with van der Waals surface area (Å²) in [6.45, 7) is 9.07. The van der Waals surface area contributed by atoms with E-state index in [0.717, 1.165) is 38.5 Å². The third kappa shape index (κ3) is 82.5. The molecule has 0 rings (SSSR count). The molecule has 0 bridgehead atoms. The molecule has 0 aromatic carbocycles. The first-order chi connectivity index (χ1) is 40.0. The van der Waals surface area contributed by atoms with Crippen molar-refractivity contribution < 1.29 is 34.3 Å². The number of hydrogen-bond acceptors (Lipinski definition) is 8. The summed E-state index contributed by atoms with van der Waals surface area (Å²) in [6, 6.07) is 0. The summed E-state index contributed by atoms with van der Waals surface area (Å²) in [5.41, 5.74) is 0. The molecule has 0 saturated carbocycles. The van der Waals surface area contributed by atoms with Gasteiger partial charge in [-0.05, 0) is 38.5 Å². The van der Waals surface area contributed by atoms with Crippen LogP contribution in [0.2, 0.25) is 0 Å². The Hall–Kier alpha value is 0.480. The van der Waals surface area contributed by atoms with Crippen molar-refractivity contribution in [2.75, 3.05) is 13.2 Å². The molecule has 0 aromatic rings. The summed E-state index contributed by atoms with van der Waals surface area (Å²) in [5.74, 6) is 0.0328. The molecule has 0 fully saturated rings. The first kappa shape index (κ1) is 87.7. The number of allylic oxidation sites excluding steroid dienone is 2. The van der Waals surface area contributed by atoms with Gasteiger partial charge in [0, 0.05) is 11.8 Å². The van der Waals surface area contributed by atoms with Crippen molar-refractivity contribution in [1.82, 2.24) is 0 Å². The Bertz CT molecular complexity index is 1380. The molecule has 492 valence electrons. The van der Waals surface area contributed by atoms with Gasteiger partial charge in [0.25, 0.3) is 0 Å². The van der Waals surface area contributed by atoms with E-state index in [9.17, 15) is 25.9 Å². The van der Waals surface area contributed by atoms with Gasteiger partial charge in [-0.2, -0.15) is 0 Å². The van der Waals surface area contributed by atoms with Gasteiger partial charge in [0.1, 0.15) is 0 Å². The van der Waals surface area contributed by atoms with E-state index in [1.54, 1.807) is 0 Å². The average Bonchev–Trinajstić information content (AvgIpc) is 3.45. The molecular weight excluding hydrogens is 1100 g/mol. The minimum Gasteiger partial charge on any atom is -0.726 e. The zero-order valence-corrected chi connectivity index (χ0v) is 59.9. The molecule has 0 N–H and O–H groups in total. The Kier molecular flexibility index (Phi) is 77.3. The zero-order chi connectivity index (χ0) is 60.2. The van der Waals surface area contributed by atoms with E-state index >= 15 is 0 Å². The van der Waals surface area contributed by atoms with Crippen LogP contribution in [0.25, 0.3) is 0 Å². The Morgan fingerprint density at radius 2 is 0.422 bits per heavy atom. The smallest absolute Gasteiger partial charge is 0.726 e. The molecular formula is C72H142CaO8S2. The number of rotatable bonds is 68. The zero-order valence-electron chi connectivity index (χ0n) is 56.1. The molecule has 0 aromatic heterocycles. The van der Waals surface area contributed by atoms with E-state index in [1.807, 2.05) is 0 Å². The largest absolute Gasteiger partial charge is 2.00 e. The quantitative estimate of drug-likeness (QED) is 0.0193. The Labute approximate surface area is 550 Å². The molecule has 11 heteroatoms. The maximum Gasteiger partial charge on any atom is 2.00 e. The van der Waals surface area contributed by atoms with Crippen LogP contribution in [0, 0.1) is 11.8 Å². The molecule has 83 heavy (non-hydrogen) atoms. The monoisotopic (exact) mass is 1240 g/mol. The van der Waals surface area contributed by atoms with Crippen LogP contribution < -0.4 is 0 Å². The summed E-state index contributed by atoms with van der Waals surface area (Å²) < 4.78 is 75.0. The Morgan fingerprint density at radius 1 is 0.265 bits per heavy atom. The molecule has 0 aliphatic rings. The SMILES string of the molecule is CCCCCCCCCCCCCCCC/C=C/C(CCCCCCCCCCCCCCCC)COS(=O)(=O)[O-].CCCCCCCCCCCCCCCC/C=C/C(CCCCCCCCCCCCCCCC)COS(=O)(=O)[O-].[Ca+2]. The van der Waals surface area contributed by atoms with Crippen LogP contribution in [0.4, 0.5) is 0 Å². The molecule has 0 aliphatic heterocycles. The second-order valence-electron chi connectivity index (χ2n) is 25.3. The van der Waals surface area contributed by atoms with E-state index in [-0.39, 0.29) is 62.8 Å². The van der Waals surface area contributed by atoms with Gasteiger partial charge in [0.15, 0.2) is 0 Å². The van der Waals surface area contributed by atoms with Gasteiger partial charge in [-0.25, -0.2) is 16.8 Å². The maximum absolute atomic E-state index is 11.0. The maximum atomic E-state index is 11.0. The van der Waals surface area contributed by atoms with E-state index in [1.165, 1.54) is 347 Å². The van der Waals surface area contributed by atoms with Crippen LogP contribution in [-0.2, 0) is 29.2 Å². The third-order valence-corrected chi connectivity index (χ3v) is 17.8. The van der Waals surface area contributed by atoms with Crippen molar-refractivity contribution in [3.05, 3.63) is 24.3 Å². The molecule has 2 unspecified atom stereocenters. The first-order valence-corrected chi connectivity index (χ1v) is 39.2. The van der Waals surface area contributed by atoms with Crippen molar-refractivity contribution >= 4 is 58.5 Å². The topological polar surface area (TPSA) is 133 Å². The fraction of sp³-hybridized carbons (Fsp3) is 0.944. The van der Waals surface area contributed by atoms with E-state index in [0.29, 0.717) is 0 Å². The third-order valence-electron chi connectivity index (χ3n) is 17.0. The second kappa shape index (κ2) is 73.2. The summed E-state index contributed by atoms with van der Waals surface area (Å²) in [4.78, 5) is 0. The molecule has 8 nitrogen and oxygen atoms in total. The van der Waals surface area contributed by atoms with E-state index in [4.69, 9.17) is 0 Å². The van der Waals surface area contributed by atoms with Crippen molar-refractivity contribution in [3.8, 4) is 0 Å². The second-order valence-corrected chi connectivity index (χ2v) is 27.4. The molecule has 2 atom stereocenters. The predicted molar refractivity (Wildman–Crippen MR) is 362 cm³/mol. The van der Waals surface area contributed by atoms with Crippen LogP contribution in [-0.4, -0.2) is 76.9 Å². The van der Waals surface area contributed by atoms with Gasteiger partial charge in [0.05, 0.1) is 13.2 Å². The number of unbranched alkanes of at least 4 members (excludes halogenated alkanes) is 54. The van der Waals surface area contributed by atoms with Crippen molar-refractivity contribution in [2.24, 2.45) is 11.8 Å². The molecule has 0 amide bonds. The molecule has 0 heterocycles. The van der Waals surface area contributed by atoms with Crippen LogP contribution in [0.15, 0.2) is 24.3 Å². The fourth-order valence-electron chi connectivity index (χ4n) is 11.5. The number of hydrogen-bond donors (Lipinski definition) is 0. The van der Waals surface area contributed by atoms with E-state index in [2.05, 4.69) is 60.4 Å². The fourth-order valence-corrected chi connectivity index (χ4v) is 12.2. The average molecular weight is 1240 g/mol. The molecule has 0 spiro atoms. The Balaban J connectivity index is -0.00000152. The van der Waals surface area contributed by atoms with E-state index < -0.39 is 20.8 Å². The molecule has 0 saturated heterocycles. The summed E-state index contributed by atoms with van der Waals surface area (Å²) >= 11 is 0. The Morgan fingerprint density at radius 3 is 0.590 bits per heavy atom. The predicted octanol–water partition coefficient (Wildman–Crippen LogP) is 24.4. The van der Waals surface area contributed by atoms with Crippen molar-refractivity contribution in [2.45, 2.75) is 413 Å². The van der Waals surface area contributed by atoms with Gasteiger partial charge >= 0.3 is 37.7 Å². The molecule has 0 aliphatic carbocycles. The first-order valence-electron chi connectivity index (χ1n) is 36.5. The summed E-state index contributed by atoms with van der Waals surface area (Å²) in [5, 5.41) is 0. The van der Waals surface area contributed by atoms with Crippen molar-refractivity contribution in [3.63, 3.8) is 0 Å². The van der Waals surface area contributed by atoms with Gasteiger partial charge in [0.2, 0.25) is 20.8 Å². The summed E-state index contributed by atoms with van der Waals surface area (Å²) in [7, 11) is -9.25. The van der Waals surface area contributed by atoms with Crippen LogP contribution in [0.5, 0.6) is 0 Å². The minimum atomic E-state index is -4.62. The molecule has 0 radical (unpaired) electrons. The van der Waals surface area contributed by atoms with Gasteiger partial charge in [-0.15, -0.1) is 0 Å². The normalized spacial score (nSPS) is 12.8.